The molecule has 0 bridgehead atoms. The van der Waals surface area contributed by atoms with Crippen molar-refractivity contribution in [3.8, 4) is 0 Å². The summed E-state index contributed by atoms with van der Waals surface area (Å²) < 4.78 is 5.53. The normalized spacial score (nSPS) is 10.8. The molecule has 2 aromatic heterocycles. The van der Waals surface area contributed by atoms with Gasteiger partial charge in [0.25, 0.3) is 6.01 Å². The summed E-state index contributed by atoms with van der Waals surface area (Å²) in [5.41, 5.74) is 1.67. The van der Waals surface area contributed by atoms with Crippen molar-refractivity contribution in [1.82, 2.24) is 15.0 Å². The lowest BCUT2D eigenvalue weighted by atomic mass is 10.3. The van der Waals surface area contributed by atoms with Crippen LogP contribution in [0.25, 0.3) is 11.1 Å². The molecule has 5 heteroatoms. The van der Waals surface area contributed by atoms with Crippen LogP contribution in [-0.4, -0.2) is 21.5 Å². The molecule has 0 aliphatic carbocycles. The first-order chi connectivity index (χ1) is 8.42. The zero-order chi connectivity index (χ0) is 11.5. The Kier molecular flexibility index (Phi) is 2.50. The second-order valence-corrected chi connectivity index (χ2v) is 3.70. The average Bonchev–Trinajstić information content (AvgIpc) is 2.96. The minimum absolute atomic E-state index is 0.553. The fourth-order valence-corrected chi connectivity index (χ4v) is 1.67. The van der Waals surface area contributed by atoms with Gasteiger partial charge >= 0.3 is 0 Å². The number of nitrogens with zero attached hydrogens (tertiary/aromatic N) is 2. The number of aromatic nitrogens is 3. The first-order valence-corrected chi connectivity index (χ1v) is 5.49. The van der Waals surface area contributed by atoms with Gasteiger partial charge < -0.3 is 14.7 Å². The van der Waals surface area contributed by atoms with Crippen LogP contribution in [0.15, 0.2) is 41.1 Å². The van der Waals surface area contributed by atoms with E-state index >= 15 is 0 Å². The Morgan fingerprint density at radius 2 is 2.24 bits per heavy atom. The third-order valence-electron chi connectivity index (χ3n) is 2.49. The largest absolute Gasteiger partial charge is 0.424 e. The molecule has 3 aromatic rings. The highest BCUT2D eigenvalue weighted by atomic mass is 16.4. The molecule has 86 valence electrons. The fourth-order valence-electron chi connectivity index (χ4n) is 1.67. The van der Waals surface area contributed by atoms with Crippen LogP contribution in [0.2, 0.25) is 0 Å². The Hall–Kier alpha value is -2.30. The van der Waals surface area contributed by atoms with Gasteiger partial charge in [-0.15, -0.1) is 0 Å². The van der Waals surface area contributed by atoms with E-state index in [0.29, 0.717) is 6.01 Å². The van der Waals surface area contributed by atoms with Crippen LogP contribution in [0.1, 0.15) is 5.82 Å². The number of benzene rings is 1. The molecule has 0 amide bonds. The molecule has 1 aromatic carbocycles. The molecule has 0 radical (unpaired) electrons. The predicted molar refractivity (Wildman–Crippen MR) is 64.8 cm³/mol. The van der Waals surface area contributed by atoms with Gasteiger partial charge in [-0.2, -0.15) is 4.98 Å². The molecular formula is C12H12N4O. The Morgan fingerprint density at radius 3 is 3.06 bits per heavy atom. The zero-order valence-electron chi connectivity index (χ0n) is 9.18. The average molecular weight is 228 g/mol. The summed E-state index contributed by atoms with van der Waals surface area (Å²) in [5.74, 6) is 0.952. The molecule has 0 fully saturated rings. The molecule has 2 N–H and O–H groups in total. The maximum Gasteiger partial charge on any atom is 0.295 e. The molecule has 0 saturated carbocycles. The molecular weight excluding hydrogens is 216 g/mol. The number of fused-ring (bicyclic) bond motifs is 1. The Labute approximate surface area is 97.9 Å². The molecule has 17 heavy (non-hydrogen) atoms. The lowest BCUT2D eigenvalue weighted by Crippen LogP contribution is -2.05. The summed E-state index contributed by atoms with van der Waals surface area (Å²) in [5, 5.41) is 3.13. The van der Waals surface area contributed by atoms with Gasteiger partial charge in [0.05, 0.1) is 0 Å². The van der Waals surface area contributed by atoms with Crippen LogP contribution < -0.4 is 5.32 Å². The van der Waals surface area contributed by atoms with Crippen molar-refractivity contribution in [1.29, 1.82) is 0 Å². The summed E-state index contributed by atoms with van der Waals surface area (Å²) in [4.78, 5) is 11.5. The predicted octanol–water partition coefficient (Wildman–Crippen LogP) is 2.21. The quantitative estimate of drug-likeness (QED) is 0.718. The standard InChI is InChI=1S/C12H12N4O/c1-2-4-10-9(3-1)16-12(17-10)15-6-5-11-13-7-8-14-11/h1-4,7-8H,5-6H2,(H,13,14)(H,15,16). The van der Waals surface area contributed by atoms with Crippen molar-refractivity contribution >= 4 is 17.1 Å². The number of anilines is 1. The van der Waals surface area contributed by atoms with Crippen molar-refractivity contribution < 1.29 is 4.42 Å². The first kappa shape index (κ1) is 9.89. The summed E-state index contributed by atoms with van der Waals surface area (Å²) >= 11 is 0. The molecule has 5 nitrogen and oxygen atoms in total. The van der Waals surface area contributed by atoms with Gasteiger partial charge in [-0.25, -0.2) is 4.98 Å². The molecule has 0 atom stereocenters. The van der Waals surface area contributed by atoms with Gasteiger partial charge in [0.2, 0.25) is 0 Å². The molecule has 3 rings (SSSR count). The Balaban J connectivity index is 1.65. The Morgan fingerprint density at radius 1 is 1.29 bits per heavy atom. The van der Waals surface area contributed by atoms with Crippen LogP contribution in [0.3, 0.4) is 0 Å². The van der Waals surface area contributed by atoms with Crippen LogP contribution in [0.5, 0.6) is 0 Å². The van der Waals surface area contributed by atoms with Gasteiger partial charge in [0, 0.05) is 25.4 Å². The van der Waals surface area contributed by atoms with Crippen LogP contribution in [-0.2, 0) is 6.42 Å². The summed E-state index contributed by atoms with van der Waals surface area (Å²) in [6.07, 6.45) is 4.37. The van der Waals surface area contributed by atoms with Crippen molar-refractivity contribution in [2.75, 3.05) is 11.9 Å². The van der Waals surface area contributed by atoms with E-state index in [2.05, 4.69) is 20.3 Å². The summed E-state index contributed by atoms with van der Waals surface area (Å²) in [6, 6.07) is 8.26. The van der Waals surface area contributed by atoms with E-state index in [1.54, 1.807) is 6.20 Å². The number of para-hydroxylation sites is 2. The number of aromatic amines is 1. The second kappa shape index (κ2) is 4.29. The third-order valence-corrected chi connectivity index (χ3v) is 2.49. The van der Waals surface area contributed by atoms with Crippen molar-refractivity contribution in [2.24, 2.45) is 0 Å². The van der Waals surface area contributed by atoms with E-state index in [9.17, 15) is 0 Å². The van der Waals surface area contributed by atoms with E-state index in [4.69, 9.17) is 4.42 Å². The van der Waals surface area contributed by atoms with Crippen molar-refractivity contribution in [3.05, 3.63) is 42.5 Å². The number of hydrogen-bond acceptors (Lipinski definition) is 4. The highest BCUT2D eigenvalue weighted by molar-refractivity contribution is 5.74. The Bertz CT molecular complexity index is 567. The molecule has 0 unspecified atom stereocenters. The highest BCUT2D eigenvalue weighted by Crippen LogP contribution is 2.17. The highest BCUT2D eigenvalue weighted by Gasteiger charge is 2.03. The van der Waals surface area contributed by atoms with Crippen LogP contribution in [0.4, 0.5) is 6.01 Å². The second-order valence-electron chi connectivity index (χ2n) is 3.70. The minimum atomic E-state index is 0.553. The number of hydrogen-bond donors (Lipinski definition) is 2. The number of nitrogens with one attached hydrogen (secondary N) is 2. The van der Waals surface area contributed by atoms with Gasteiger partial charge in [-0.3, -0.25) is 0 Å². The van der Waals surface area contributed by atoms with E-state index in [1.807, 2.05) is 30.5 Å². The molecule has 0 spiro atoms. The maximum absolute atomic E-state index is 5.53. The van der Waals surface area contributed by atoms with Crippen LogP contribution >= 0.6 is 0 Å². The lowest BCUT2D eigenvalue weighted by Gasteiger charge is -1.98. The zero-order valence-corrected chi connectivity index (χ0v) is 9.18. The summed E-state index contributed by atoms with van der Waals surface area (Å²) in [6.45, 7) is 0.736. The lowest BCUT2D eigenvalue weighted by molar-refractivity contribution is 0.614. The minimum Gasteiger partial charge on any atom is -0.424 e. The number of oxazole rings is 1. The van der Waals surface area contributed by atoms with Gasteiger partial charge in [0.1, 0.15) is 11.3 Å². The number of imidazole rings is 1. The smallest absolute Gasteiger partial charge is 0.295 e. The van der Waals surface area contributed by atoms with Crippen molar-refractivity contribution in [2.45, 2.75) is 6.42 Å². The maximum atomic E-state index is 5.53. The molecule has 0 aliphatic heterocycles. The van der Waals surface area contributed by atoms with E-state index in [-0.39, 0.29) is 0 Å². The topological polar surface area (TPSA) is 66.7 Å². The molecule has 2 heterocycles. The summed E-state index contributed by atoms with van der Waals surface area (Å²) in [7, 11) is 0. The third kappa shape index (κ3) is 2.13. The molecule has 0 aliphatic rings. The number of H-pyrrole nitrogens is 1. The van der Waals surface area contributed by atoms with Gasteiger partial charge in [-0.1, -0.05) is 12.1 Å². The SMILES string of the molecule is c1ccc2oc(NCCc3ncc[nH]3)nc2c1. The fraction of sp³-hybridized carbons (Fsp3) is 0.167. The molecule has 0 saturated heterocycles. The van der Waals surface area contributed by atoms with Gasteiger partial charge in [-0.05, 0) is 12.1 Å². The van der Waals surface area contributed by atoms with E-state index in [1.165, 1.54) is 0 Å². The van der Waals surface area contributed by atoms with E-state index < -0.39 is 0 Å². The first-order valence-electron chi connectivity index (χ1n) is 5.49. The van der Waals surface area contributed by atoms with Crippen molar-refractivity contribution in [3.63, 3.8) is 0 Å². The van der Waals surface area contributed by atoms with E-state index in [0.717, 1.165) is 29.9 Å². The van der Waals surface area contributed by atoms with Crippen LogP contribution in [0, 0.1) is 0 Å². The van der Waals surface area contributed by atoms with Gasteiger partial charge in [0.15, 0.2) is 5.58 Å². The monoisotopic (exact) mass is 228 g/mol. The number of rotatable bonds is 4.